The van der Waals surface area contributed by atoms with Gasteiger partial charge >= 0.3 is 7.12 Å². The summed E-state index contributed by atoms with van der Waals surface area (Å²) in [5.41, 5.74) is 27.7. The van der Waals surface area contributed by atoms with Crippen LogP contribution >= 0.6 is 15.9 Å². The van der Waals surface area contributed by atoms with E-state index in [9.17, 15) is 10.0 Å². The van der Waals surface area contributed by atoms with Crippen LogP contribution in [0, 0.1) is 0 Å². The van der Waals surface area contributed by atoms with Crippen molar-refractivity contribution in [1.82, 2.24) is 18.3 Å². The predicted molar refractivity (Wildman–Crippen MR) is 500 cm³/mol. The van der Waals surface area contributed by atoms with E-state index in [1.54, 1.807) is 6.07 Å². The van der Waals surface area contributed by atoms with Gasteiger partial charge in [0.25, 0.3) is 0 Å². The maximum atomic E-state index is 9.66. The highest BCUT2D eigenvalue weighted by Crippen LogP contribution is 2.46. The molecule has 0 unspecified atom stereocenters. The van der Waals surface area contributed by atoms with E-state index in [4.69, 9.17) is 17.7 Å². The summed E-state index contributed by atoms with van der Waals surface area (Å²) in [5, 5.41) is 37.4. The van der Waals surface area contributed by atoms with Gasteiger partial charge in [0.1, 0.15) is 22.3 Å². The Morgan fingerprint density at radius 3 is 0.850 bits per heavy atom. The summed E-state index contributed by atoms with van der Waals surface area (Å²) >= 11 is 3.57. The van der Waals surface area contributed by atoms with Gasteiger partial charge in [0, 0.05) is 113 Å². The maximum absolute atomic E-state index is 9.66. The van der Waals surface area contributed by atoms with Crippen molar-refractivity contribution in [2.45, 2.75) is 0 Å². The molecule has 10 nitrogen and oxygen atoms in total. The number of aromatic nitrogens is 4. The highest BCUT2D eigenvalue weighted by Gasteiger charge is 2.24. The molecule has 0 bridgehead atoms. The summed E-state index contributed by atoms with van der Waals surface area (Å²) < 4.78 is 36.2. The zero-order valence-corrected chi connectivity index (χ0v) is 65.8. The van der Waals surface area contributed by atoms with Gasteiger partial charge in [-0.05, 0) is 221 Å². The van der Waals surface area contributed by atoms with E-state index in [1.807, 2.05) is 60.7 Å². The normalized spacial score (nSPS) is 12.0. The zero-order chi connectivity index (χ0) is 79.4. The number of furan rings is 4. The molecule has 0 saturated carbocycles. The number of para-hydroxylation sites is 6. The monoisotopic (exact) mass is 1600 g/mol. The number of fused-ring (bicyclic) bond motifs is 26. The van der Waals surface area contributed by atoms with E-state index in [1.165, 1.54) is 76.5 Å². The molecule has 26 aromatic rings. The molecule has 0 aliphatic heterocycles. The van der Waals surface area contributed by atoms with Crippen molar-refractivity contribution in [3.63, 3.8) is 0 Å². The van der Waals surface area contributed by atoms with Crippen molar-refractivity contribution in [3.8, 4) is 56.1 Å². The molecule has 2 N–H and O–H groups in total. The molecule has 564 valence electrons. The Morgan fingerprint density at radius 1 is 0.192 bits per heavy atom. The zero-order valence-electron chi connectivity index (χ0n) is 64.2. The molecule has 0 amide bonds. The van der Waals surface area contributed by atoms with Gasteiger partial charge in [0.15, 0.2) is 22.3 Å². The van der Waals surface area contributed by atoms with Gasteiger partial charge in [-0.3, -0.25) is 0 Å². The molecule has 0 saturated heterocycles. The number of hydrogen-bond donors (Lipinski definition) is 2. The molecule has 8 aromatic heterocycles. The van der Waals surface area contributed by atoms with Crippen molar-refractivity contribution >= 4 is 203 Å². The summed E-state index contributed by atoms with van der Waals surface area (Å²) in [6, 6.07) is 136. The molecule has 0 radical (unpaired) electrons. The van der Waals surface area contributed by atoms with E-state index >= 15 is 0 Å². The lowest BCUT2D eigenvalue weighted by atomic mass is 9.80. The van der Waals surface area contributed by atoms with Crippen molar-refractivity contribution in [2.24, 2.45) is 0 Å². The molecular weight excluding hydrogens is 1540 g/mol. The van der Waals surface area contributed by atoms with Crippen LogP contribution < -0.4 is 5.46 Å². The van der Waals surface area contributed by atoms with Gasteiger partial charge in [0.2, 0.25) is 0 Å². The van der Waals surface area contributed by atoms with Gasteiger partial charge < -0.3 is 46.0 Å². The van der Waals surface area contributed by atoms with E-state index < -0.39 is 7.12 Å². The van der Waals surface area contributed by atoms with Crippen molar-refractivity contribution in [2.75, 3.05) is 0 Å². The van der Waals surface area contributed by atoms with Crippen molar-refractivity contribution < 1.29 is 27.7 Å². The van der Waals surface area contributed by atoms with Crippen molar-refractivity contribution in [3.05, 3.63) is 393 Å². The summed E-state index contributed by atoms with van der Waals surface area (Å²) in [7, 11) is -1.49. The second kappa shape index (κ2) is 27.5. The third kappa shape index (κ3) is 11.0. The number of nitrogens with zero attached hydrogens (tertiary/aromatic N) is 4. The Hall–Kier alpha value is -15.2. The summed E-state index contributed by atoms with van der Waals surface area (Å²) in [6.45, 7) is 0. The smallest absolute Gasteiger partial charge is 0.452 e. The third-order valence-corrected chi connectivity index (χ3v) is 24.7. The van der Waals surface area contributed by atoms with E-state index in [2.05, 4.69) is 356 Å². The minimum Gasteiger partial charge on any atom is -0.452 e. The van der Waals surface area contributed by atoms with Crippen LogP contribution in [0.4, 0.5) is 0 Å². The Balaban J connectivity index is 0.000000112. The second-order valence-electron chi connectivity index (χ2n) is 30.9. The van der Waals surface area contributed by atoms with Crippen LogP contribution in [0.2, 0.25) is 0 Å². The van der Waals surface area contributed by atoms with E-state index in [0.29, 0.717) is 5.46 Å². The average molecular weight is 1610 g/mol. The highest BCUT2D eigenvalue weighted by molar-refractivity contribution is 9.10. The molecule has 0 aliphatic rings. The Morgan fingerprint density at radius 2 is 0.467 bits per heavy atom. The van der Waals surface area contributed by atoms with Gasteiger partial charge in [-0.2, -0.15) is 0 Å². The minimum atomic E-state index is -1.49. The summed E-state index contributed by atoms with van der Waals surface area (Å²) in [4.78, 5) is 0. The summed E-state index contributed by atoms with van der Waals surface area (Å²) in [5.74, 6) is 0. The molecule has 120 heavy (non-hydrogen) atoms. The molecule has 0 aliphatic carbocycles. The first kappa shape index (κ1) is 69.2. The van der Waals surface area contributed by atoms with Crippen LogP contribution in [-0.2, 0) is 0 Å². The number of benzene rings is 18. The molecule has 0 spiro atoms. The minimum absolute atomic E-state index is 0.490. The topological polar surface area (TPSA) is 113 Å². The first-order valence-electron chi connectivity index (χ1n) is 40.2. The second-order valence-corrected chi connectivity index (χ2v) is 31.8. The Bertz CT molecular complexity index is 8560. The number of halogens is 1. The van der Waals surface area contributed by atoms with Crippen LogP contribution in [0.1, 0.15) is 0 Å². The largest absolute Gasteiger partial charge is 0.488 e. The van der Waals surface area contributed by atoms with Crippen LogP contribution in [0.25, 0.3) is 231 Å². The first-order chi connectivity index (χ1) is 59.2. The lowest BCUT2D eigenvalue weighted by molar-refractivity contribution is 0.426. The summed E-state index contributed by atoms with van der Waals surface area (Å²) in [6.07, 6.45) is 0. The predicted octanol–water partition coefficient (Wildman–Crippen LogP) is 28.5. The first-order valence-corrected chi connectivity index (χ1v) is 41.0. The number of hydrogen-bond acceptors (Lipinski definition) is 6. The molecule has 26 rings (SSSR count). The van der Waals surface area contributed by atoms with Gasteiger partial charge in [-0.15, -0.1) is 0 Å². The number of rotatable bonds is 8. The van der Waals surface area contributed by atoms with Gasteiger partial charge in [0.05, 0.1) is 44.1 Å². The maximum Gasteiger partial charge on any atom is 0.488 e. The third-order valence-electron chi connectivity index (χ3n) is 24.2. The van der Waals surface area contributed by atoms with E-state index in [0.717, 1.165) is 159 Å². The molecule has 0 atom stereocenters. The van der Waals surface area contributed by atoms with Crippen molar-refractivity contribution in [1.29, 1.82) is 0 Å². The molecule has 12 heteroatoms. The highest BCUT2D eigenvalue weighted by atomic mass is 79.9. The quantitative estimate of drug-likeness (QED) is 0.147. The van der Waals surface area contributed by atoms with Crippen LogP contribution in [0.5, 0.6) is 0 Å². The fourth-order valence-corrected chi connectivity index (χ4v) is 19.0. The molecule has 18 aromatic carbocycles. The Labute approximate surface area is 693 Å². The van der Waals surface area contributed by atoms with Gasteiger partial charge in [-0.25, -0.2) is 0 Å². The van der Waals surface area contributed by atoms with Crippen LogP contribution in [-0.4, -0.2) is 35.4 Å². The lowest BCUT2D eigenvalue weighted by Crippen LogP contribution is -2.29. The standard InChI is InChI=1S/C54H32N2O2.C30H16BrNO2.C24H18BNO2/c1-3-11-33(12-4-1)34-19-25-49-43(29-34)44-30-35(20-26-50(44)55(49)37-13-5-2-6-14-37)36-21-27-51-45(31-36)41-23-24-42-46-32-38(22-28-52(46)58-54(42)53(41)57-51)56-47-17-9-7-15-39(47)40-16-8-10-18-48(40)56;31-17-9-13-27-23(15-17)21-11-12-22-24-16-18(10-14-28(24)34-30(22)29(21)33-27)32-25-7-3-1-5-19(25)20-6-2-4-8-26(20)32;27-25(28)19-12-14-24-22(16-19)21-15-18(17-7-3-1-4-8-17)11-13-23(21)26(24)20-9-5-2-6-10-20/h1-32H;1-16H;1-16,27-28H. The van der Waals surface area contributed by atoms with Crippen LogP contribution in [0.3, 0.4) is 0 Å². The fourth-order valence-electron chi connectivity index (χ4n) is 18.7. The molecule has 8 heterocycles. The Kier molecular flexibility index (Phi) is 15.8. The van der Waals surface area contributed by atoms with Crippen LogP contribution in [0.15, 0.2) is 410 Å². The molecule has 0 fully saturated rings. The fraction of sp³-hybridized carbons (Fsp3) is 0. The molecular formula is C108H66BBrN4O6. The van der Waals surface area contributed by atoms with Gasteiger partial charge in [-0.1, -0.05) is 222 Å². The lowest BCUT2D eigenvalue weighted by Gasteiger charge is -2.08. The SMILES string of the molecule is Brc1ccc2oc3c(ccc4c5cc(-n6c7ccccc7c7ccccc76)ccc5oc43)c2c1.OB(O)c1ccc2c(c1)c1cc(-c3ccccc3)ccc1n2-c1ccccc1.c1ccc(-c2ccc3c(c2)c2cc(-c4ccc5oc6c(ccc7c8cc(-n9c%10ccccc%10c%10ccccc%109)ccc8oc76)c5c4)ccc2n3-c2ccccc2)cc1. The average Bonchev–Trinajstić information content (AvgIpc) is 1.58. The van der Waals surface area contributed by atoms with E-state index in [-0.39, 0.29) is 0 Å².